The first-order valence-corrected chi connectivity index (χ1v) is 8.36. The van der Waals surface area contributed by atoms with Gasteiger partial charge in [-0.15, -0.1) is 0 Å². The minimum atomic E-state index is -3.44. The number of piperidine rings is 1. The van der Waals surface area contributed by atoms with Crippen molar-refractivity contribution in [2.24, 2.45) is 5.92 Å². The summed E-state index contributed by atoms with van der Waals surface area (Å²) in [6.45, 7) is 2.72. The normalized spacial score (nSPS) is 33.4. The lowest BCUT2D eigenvalue weighted by atomic mass is 9.92. The molecule has 2 fully saturated rings. The van der Waals surface area contributed by atoms with Gasteiger partial charge in [0.25, 0.3) is 0 Å². The number of aliphatic carboxylic acids is 1. The Labute approximate surface area is 113 Å². The molecule has 0 saturated carbocycles. The van der Waals surface area contributed by atoms with Gasteiger partial charge < -0.3 is 9.84 Å². The molecule has 110 valence electrons. The molecule has 0 aliphatic carbocycles. The maximum Gasteiger partial charge on any atom is 0.308 e. The van der Waals surface area contributed by atoms with Crippen LogP contribution >= 0.6 is 0 Å². The fourth-order valence-corrected chi connectivity index (χ4v) is 4.93. The van der Waals surface area contributed by atoms with E-state index in [2.05, 4.69) is 0 Å². The van der Waals surface area contributed by atoms with Crippen LogP contribution in [0.3, 0.4) is 0 Å². The third-order valence-corrected chi connectivity index (χ3v) is 6.05. The Morgan fingerprint density at radius 3 is 2.68 bits per heavy atom. The highest BCUT2D eigenvalue weighted by Gasteiger charge is 2.40. The van der Waals surface area contributed by atoms with E-state index in [1.54, 1.807) is 6.92 Å². The van der Waals surface area contributed by atoms with E-state index in [0.717, 1.165) is 12.8 Å². The summed E-state index contributed by atoms with van der Waals surface area (Å²) in [5.41, 5.74) is 0. The Morgan fingerprint density at radius 1 is 1.37 bits per heavy atom. The molecule has 0 bridgehead atoms. The molecule has 3 atom stereocenters. The number of sulfonamides is 1. The maximum atomic E-state index is 12.4. The molecule has 1 N–H and O–H groups in total. The van der Waals surface area contributed by atoms with Gasteiger partial charge in [-0.3, -0.25) is 4.79 Å². The molecule has 0 aromatic heterocycles. The zero-order valence-corrected chi connectivity index (χ0v) is 11.9. The van der Waals surface area contributed by atoms with E-state index >= 15 is 0 Å². The summed E-state index contributed by atoms with van der Waals surface area (Å²) in [4.78, 5) is 11.1. The van der Waals surface area contributed by atoms with Crippen LogP contribution in [0.2, 0.25) is 0 Å². The van der Waals surface area contributed by atoms with Gasteiger partial charge in [-0.05, 0) is 32.6 Å². The van der Waals surface area contributed by atoms with Gasteiger partial charge in [0.1, 0.15) is 0 Å². The van der Waals surface area contributed by atoms with Gasteiger partial charge in [-0.2, -0.15) is 4.31 Å². The minimum absolute atomic E-state index is 0.0241. The molecule has 0 aromatic rings. The van der Waals surface area contributed by atoms with E-state index < -0.39 is 28.0 Å². The molecule has 2 saturated heterocycles. The van der Waals surface area contributed by atoms with Crippen molar-refractivity contribution >= 4 is 16.0 Å². The van der Waals surface area contributed by atoms with Crippen molar-refractivity contribution < 1.29 is 23.1 Å². The smallest absolute Gasteiger partial charge is 0.308 e. The van der Waals surface area contributed by atoms with Gasteiger partial charge >= 0.3 is 5.97 Å². The van der Waals surface area contributed by atoms with E-state index in [9.17, 15) is 13.2 Å². The second kappa shape index (κ2) is 5.76. The number of carboxylic acid groups (broad SMARTS) is 1. The molecule has 7 heteroatoms. The summed E-state index contributed by atoms with van der Waals surface area (Å²) in [5, 5.41) is 9.13. The Bertz CT molecular complexity index is 429. The van der Waals surface area contributed by atoms with Gasteiger partial charge in [-0.25, -0.2) is 8.42 Å². The standard InChI is InChI=1S/C12H21NO5S/c1-9-11(12(14)15)5-2-6-13(9)19(16,17)8-10-4-3-7-18-10/h9-11H,2-8H2,1H3,(H,14,15)/t9-,10?,11-/m1/s1. The molecule has 2 aliphatic rings. The summed E-state index contributed by atoms with van der Waals surface area (Å²) in [7, 11) is -3.44. The highest BCUT2D eigenvalue weighted by Crippen LogP contribution is 2.27. The van der Waals surface area contributed by atoms with Crippen molar-refractivity contribution in [3.63, 3.8) is 0 Å². The lowest BCUT2D eigenvalue weighted by Crippen LogP contribution is -2.50. The Hall–Kier alpha value is -0.660. The molecular formula is C12H21NO5S. The van der Waals surface area contributed by atoms with E-state index in [0.29, 0.717) is 26.0 Å². The highest BCUT2D eigenvalue weighted by molar-refractivity contribution is 7.89. The first-order chi connectivity index (χ1) is 8.92. The molecule has 2 aliphatic heterocycles. The minimum Gasteiger partial charge on any atom is -0.481 e. The second-order valence-electron chi connectivity index (χ2n) is 5.35. The van der Waals surface area contributed by atoms with Gasteiger partial charge in [0, 0.05) is 19.2 Å². The molecule has 0 spiro atoms. The molecule has 0 aromatic carbocycles. The van der Waals surface area contributed by atoms with E-state index in [1.807, 2.05) is 0 Å². The molecule has 2 heterocycles. The third kappa shape index (κ3) is 3.27. The van der Waals surface area contributed by atoms with Gasteiger partial charge in [-0.1, -0.05) is 0 Å². The predicted octanol–water partition coefficient (Wildman–Crippen LogP) is 0.680. The Balaban J connectivity index is 2.07. The lowest BCUT2D eigenvalue weighted by Gasteiger charge is -2.36. The monoisotopic (exact) mass is 291 g/mol. The number of carbonyl (C=O) groups is 1. The Morgan fingerprint density at radius 2 is 2.11 bits per heavy atom. The maximum absolute atomic E-state index is 12.4. The largest absolute Gasteiger partial charge is 0.481 e. The van der Waals surface area contributed by atoms with Crippen LogP contribution in [0.5, 0.6) is 0 Å². The number of nitrogens with zero attached hydrogens (tertiary/aromatic N) is 1. The number of ether oxygens (including phenoxy) is 1. The molecule has 0 radical (unpaired) electrons. The Kier molecular flexibility index (Phi) is 4.47. The van der Waals surface area contributed by atoms with Crippen LogP contribution in [0.25, 0.3) is 0 Å². The van der Waals surface area contributed by atoms with Gasteiger partial charge in [0.15, 0.2) is 0 Å². The summed E-state index contributed by atoms with van der Waals surface area (Å²) in [5.74, 6) is -1.54. The van der Waals surface area contributed by atoms with Crippen LogP contribution in [0.4, 0.5) is 0 Å². The van der Waals surface area contributed by atoms with Crippen molar-refractivity contribution in [2.45, 2.75) is 44.8 Å². The number of carboxylic acids is 1. The lowest BCUT2D eigenvalue weighted by molar-refractivity contribution is -0.144. The van der Waals surface area contributed by atoms with Crippen molar-refractivity contribution in [3.8, 4) is 0 Å². The van der Waals surface area contributed by atoms with Crippen molar-refractivity contribution in [1.29, 1.82) is 0 Å². The zero-order chi connectivity index (χ0) is 14.0. The highest BCUT2D eigenvalue weighted by atomic mass is 32.2. The molecule has 1 unspecified atom stereocenters. The van der Waals surface area contributed by atoms with Crippen molar-refractivity contribution in [3.05, 3.63) is 0 Å². The molecule has 6 nitrogen and oxygen atoms in total. The SMILES string of the molecule is C[C@@H]1[C@H](C(=O)O)CCCN1S(=O)(=O)CC1CCCO1. The average molecular weight is 291 g/mol. The van der Waals surface area contributed by atoms with Crippen LogP contribution in [0, 0.1) is 5.92 Å². The van der Waals surface area contributed by atoms with Crippen LogP contribution in [-0.2, 0) is 19.6 Å². The number of rotatable bonds is 4. The fraction of sp³-hybridized carbons (Fsp3) is 0.917. The van der Waals surface area contributed by atoms with E-state index in [1.165, 1.54) is 4.31 Å². The summed E-state index contributed by atoms with van der Waals surface area (Å²) in [6.07, 6.45) is 2.58. The zero-order valence-electron chi connectivity index (χ0n) is 11.1. The summed E-state index contributed by atoms with van der Waals surface area (Å²) in [6, 6.07) is -0.474. The molecule has 19 heavy (non-hydrogen) atoms. The molecule has 0 amide bonds. The van der Waals surface area contributed by atoms with Crippen molar-refractivity contribution in [2.75, 3.05) is 18.9 Å². The summed E-state index contributed by atoms with van der Waals surface area (Å²) >= 11 is 0. The number of hydrogen-bond acceptors (Lipinski definition) is 4. The number of hydrogen-bond donors (Lipinski definition) is 1. The first-order valence-electron chi connectivity index (χ1n) is 6.76. The average Bonchev–Trinajstić information content (AvgIpc) is 2.80. The molecular weight excluding hydrogens is 270 g/mol. The van der Waals surface area contributed by atoms with Gasteiger partial charge in [0.05, 0.1) is 17.8 Å². The van der Waals surface area contributed by atoms with Crippen LogP contribution in [0.15, 0.2) is 0 Å². The first kappa shape index (κ1) is 14.7. The van der Waals surface area contributed by atoms with Crippen LogP contribution < -0.4 is 0 Å². The quantitative estimate of drug-likeness (QED) is 0.823. The summed E-state index contributed by atoms with van der Waals surface area (Å²) < 4.78 is 31.5. The van der Waals surface area contributed by atoms with Crippen molar-refractivity contribution in [1.82, 2.24) is 4.31 Å². The predicted molar refractivity (Wildman–Crippen MR) is 69.3 cm³/mol. The third-order valence-electron chi connectivity index (χ3n) is 4.03. The topological polar surface area (TPSA) is 83.9 Å². The van der Waals surface area contributed by atoms with E-state index in [-0.39, 0.29) is 11.9 Å². The second-order valence-corrected chi connectivity index (χ2v) is 7.32. The van der Waals surface area contributed by atoms with Crippen LogP contribution in [-0.4, -0.2) is 54.8 Å². The van der Waals surface area contributed by atoms with E-state index in [4.69, 9.17) is 9.84 Å². The van der Waals surface area contributed by atoms with Crippen LogP contribution in [0.1, 0.15) is 32.6 Å². The fourth-order valence-electron chi connectivity index (χ4n) is 2.94. The van der Waals surface area contributed by atoms with Gasteiger partial charge in [0.2, 0.25) is 10.0 Å². The molecule has 2 rings (SSSR count).